The second kappa shape index (κ2) is 9.13. The molecule has 1 amide bonds. The van der Waals surface area contributed by atoms with Crippen LogP contribution in [-0.4, -0.2) is 31.0 Å². The zero-order valence-electron chi connectivity index (χ0n) is 14.4. The number of nitrogens with zero attached hydrogens (tertiary/aromatic N) is 1. The van der Waals surface area contributed by atoms with Gasteiger partial charge in [0, 0.05) is 12.1 Å². The molecular weight excluding hydrogens is 326 g/mol. The summed E-state index contributed by atoms with van der Waals surface area (Å²) in [7, 11) is 1.53. The van der Waals surface area contributed by atoms with Gasteiger partial charge in [0.15, 0.2) is 11.6 Å². The number of ether oxygens (including phenoxy) is 1. The van der Waals surface area contributed by atoms with Crippen LogP contribution in [0.1, 0.15) is 18.9 Å². The van der Waals surface area contributed by atoms with Crippen LogP contribution in [0.3, 0.4) is 0 Å². The minimum absolute atomic E-state index is 0.0713. The number of hydrogen-bond acceptors (Lipinski definition) is 3. The number of benzene rings is 2. The van der Waals surface area contributed by atoms with Crippen molar-refractivity contribution < 1.29 is 18.3 Å². The Morgan fingerprint density at radius 1 is 1.16 bits per heavy atom. The minimum Gasteiger partial charge on any atom is -0.495 e. The lowest BCUT2D eigenvalue weighted by atomic mass is 10.2. The fourth-order valence-electron chi connectivity index (χ4n) is 2.58. The highest BCUT2D eigenvalue weighted by Crippen LogP contribution is 2.23. The van der Waals surface area contributed by atoms with Crippen LogP contribution in [-0.2, 0) is 11.3 Å². The molecule has 0 fully saturated rings. The first-order valence-corrected chi connectivity index (χ1v) is 8.13. The third-order valence-corrected chi connectivity index (χ3v) is 3.71. The van der Waals surface area contributed by atoms with Gasteiger partial charge in [0.2, 0.25) is 5.91 Å². The average Bonchev–Trinajstić information content (AvgIpc) is 2.59. The van der Waals surface area contributed by atoms with Crippen molar-refractivity contribution in [2.45, 2.75) is 19.9 Å². The number of hydrogen-bond donors (Lipinski definition) is 1. The van der Waals surface area contributed by atoms with Crippen LogP contribution in [0.5, 0.6) is 5.75 Å². The number of methoxy groups -OCH3 is 1. The molecule has 4 nitrogen and oxygen atoms in total. The molecule has 0 saturated carbocycles. The number of amides is 1. The average molecular weight is 348 g/mol. The van der Waals surface area contributed by atoms with Crippen LogP contribution in [0.25, 0.3) is 0 Å². The lowest BCUT2D eigenvalue weighted by molar-refractivity contribution is -0.117. The van der Waals surface area contributed by atoms with Gasteiger partial charge in [0.05, 0.1) is 19.3 Å². The Morgan fingerprint density at radius 3 is 2.64 bits per heavy atom. The van der Waals surface area contributed by atoms with Crippen LogP contribution in [0, 0.1) is 11.6 Å². The molecule has 2 aromatic carbocycles. The number of anilines is 1. The standard InChI is InChI=1S/C19H22F2N2O2/c1-3-11-23(12-14-7-6-8-15(20)19(14)21)13-18(24)22-16-9-4-5-10-17(16)25-2/h4-10H,3,11-13H2,1-2H3,(H,22,24). The number of carbonyl (C=O) groups is 1. The maximum absolute atomic E-state index is 13.9. The SMILES string of the molecule is CCCN(CC(=O)Nc1ccccc1OC)Cc1cccc(F)c1F. The summed E-state index contributed by atoms with van der Waals surface area (Å²) in [5.41, 5.74) is 0.807. The second-order valence-corrected chi connectivity index (χ2v) is 5.67. The lowest BCUT2D eigenvalue weighted by Crippen LogP contribution is -2.33. The van der Waals surface area contributed by atoms with E-state index in [0.29, 0.717) is 18.0 Å². The molecule has 0 spiro atoms. The molecule has 0 saturated heterocycles. The molecule has 134 valence electrons. The van der Waals surface area contributed by atoms with Gasteiger partial charge < -0.3 is 10.1 Å². The second-order valence-electron chi connectivity index (χ2n) is 5.67. The van der Waals surface area contributed by atoms with Gasteiger partial charge in [-0.2, -0.15) is 0 Å². The topological polar surface area (TPSA) is 41.6 Å². The van der Waals surface area contributed by atoms with Crippen LogP contribution >= 0.6 is 0 Å². The normalized spacial score (nSPS) is 10.8. The molecule has 0 aliphatic carbocycles. The lowest BCUT2D eigenvalue weighted by Gasteiger charge is -2.22. The summed E-state index contributed by atoms with van der Waals surface area (Å²) in [5, 5.41) is 2.79. The van der Waals surface area contributed by atoms with E-state index in [2.05, 4.69) is 5.32 Å². The molecule has 0 heterocycles. The van der Waals surface area contributed by atoms with Crippen molar-refractivity contribution in [2.75, 3.05) is 25.5 Å². The molecule has 0 unspecified atom stereocenters. The maximum Gasteiger partial charge on any atom is 0.238 e. The third kappa shape index (κ3) is 5.26. The Morgan fingerprint density at radius 2 is 1.92 bits per heavy atom. The molecule has 1 N–H and O–H groups in total. The van der Waals surface area contributed by atoms with E-state index < -0.39 is 11.6 Å². The Balaban J connectivity index is 2.05. The Bertz CT molecular complexity index is 722. The van der Waals surface area contributed by atoms with Crippen molar-refractivity contribution in [1.29, 1.82) is 0 Å². The van der Waals surface area contributed by atoms with E-state index in [0.717, 1.165) is 12.5 Å². The van der Waals surface area contributed by atoms with E-state index in [4.69, 9.17) is 4.74 Å². The molecule has 0 bridgehead atoms. The largest absolute Gasteiger partial charge is 0.495 e. The molecular formula is C19H22F2N2O2. The number of rotatable bonds is 8. The molecule has 0 aliphatic rings. The molecule has 0 aliphatic heterocycles. The molecule has 2 rings (SSSR count). The van der Waals surface area contributed by atoms with Gasteiger partial charge in [-0.05, 0) is 31.2 Å². The fraction of sp³-hybridized carbons (Fsp3) is 0.316. The van der Waals surface area contributed by atoms with Gasteiger partial charge in [-0.15, -0.1) is 0 Å². The van der Waals surface area contributed by atoms with Crippen LogP contribution in [0.4, 0.5) is 14.5 Å². The van der Waals surface area contributed by atoms with Crippen molar-refractivity contribution in [3.05, 3.63) is 59.7 Å². The summed E-state index contributed by atoms with van der Waals surface area (Å²) < 4.78 is 32.4. The first kappa shape index (κ1) is 18.9. The van der Waals surface area contributed by atoms with E-state index in [-0.39, 0.29) is 24.6 Å². The molecule has 6 heteroatoms. The summed E-state index contributed by atoms with van der Waals surface area (Å²) in [4.78, 5) is 14.1. The molecule has 0 aromatic heterocycles. The molecule has 0 radical (unpaired) electrons. The van der Waals surface area contributed by atoms with Crippen molar-refractivity contribution in [3.63, 3.8) is 0 Å². The third-order valence-electron chi connectivity index (χ3n) is 3.71. The van der Waals surface area contributed by atoms with Gasteiger partial charge in [-0.1, -0.05) is 31.2 Å². The van der Waals surface area contributed by atoms with Crippen molar-refractivity contribution >= 4 is 11.6 Å². The summed E-state index contributed by atoms with van der Waals surface area (Å²) in [5.74, 6) is -1.43. The number of para-hydroxylation sites is 2. The Labute approximate surface area is 146 Å². The summed E-state index contributed by atoms with van der Waals surface area (Å²) >= 11 is 0. The predicted molar refractivity (Wildman–Crippen MR) is 93.5 cm³/mol. The van der Waals surface area contributed by atoms with Gasteiger partial charge in [-0.3, -0.25) is 9.69 Å². The van der Waals surface area contributed by atoms with E-state index in [1.807, 2.05) is 13.0 Å². The summed E-state index contributed by atoms with van der Waals surface area (Å²) in [6.45, 7) is 2.79. The zero-order chi connectivity index (χ0) is 18.2. The predicted octanol–water partition coefficient (Wildman–Crippen LogP) is 3.82. The minimum atomic E-state index is -0.882. The Hall–Kier alpha value is -2.47. The van der Waals surface area contributed by atoms with Gasteiger partial charge >= 0.3 is 0 Å². The molecule has 25 heavy (non-hydrogen) atoms. The monoisotopic (exact) mass is 348 g/mol. The van der Waals surface area contributed by atoms with Gasteiger partial charge in [0.25, 0.3) is 0 Å². The van der Waals surface area contributed by atoms with Crippen molar-refractivity contribution in [2.24, 2.45) is 0 Å². The van der Waals surface area contributed by atoms with Crippen LogP contribution < -0.4 is 10.1 Å². The highest BCUT2D eigenvalue weighted by atomic mass is 19.2. The smallest absolute Gasteiger partial charge is 0.238 e. The van der Waals surface area contributed by atoms with Crippen LogP contribution in [0.15, 0.2) is 42.5 Å². The van der Waals surface area contributed by atoms with E-state index in [1.165, 1.54) is 19.2 Å². The molecule has 2 aromatic rings. The van der Waals surface area contributed by atoms with Gasteiger partial charge in [-0.25, -0.2) is 8.78 Å². The van der Waals surface area contributed by atoms with Crippen LogP contribution in [0.2, 0.25) is 0 Å². The fourth-order valence-corrected chi connectivity index (χ4v) is 2.58. The Kier molecular flexibility index (Phi) is 6.89. The number of nitrogens with one attached hydrogen (secondary N) is 1. The number of carbonyl (C=O) groups excluding carboxylic acids is 1. The van der Waals surface area contributed by atoms with Crippen molar-refractivity contribution in [3.8, 4) is 5.75 Å². The number of halogens is 2. The molecule has 0 atom stereocenters. The first-order valence-electron chi connectivity index (χ1n) is 8.13. The van der Waals surface area contributed by atoms with E-state index in [9.17, 15) is 13.6 Å². The van der Waals surface area contributed by atoms with Crippen molar-refractivity contribution in [1.82, 2.24) is 4.90 Å². The zero-order valence-corrected chi connectivity index (χ0v) is 14.4. The van der Waals surface area contributed by atoms with Gasteiger partial charge in [0.1, 0.15) is 5.75 Å². The summed E-state index contributed by atoms with van der Waals surface area (Å²) in [6.07, 6.45) is 0.791. The highest BCUT2D eigenvalue weighted by molar-refractivity contribution is 5.93. The first-order chi connectivity index (χ1) is 12.0. The highest BCUT2D eigenvalue weighted by Gasteiger charge is 2.15. The summed E-state index contributed by atoms with van der Waals surface area (Å²) in [6, 6.07) is 11.2. The van der Waals surface area contributed by atoms with E-state index in [1.54, 1.807) is 23.1 Å². The maximum atomic E-state index is 13.9. The quantitative estimate of drug-likeness (QED) is 0.788. The van der Waals surface area contributed by atoms with E-state index >= 15 is 0 Å².